The van der Waals surface area contributed by atoms with E-state index in [1.54, 1.807) is 26.0 Å². The van der Waals surface area contributed by atoms with E-state index in [0.29, 0.717) is 0 Å². The smallest absolute Gasteiger partial charge is 0.329 e. The standard InChI is InChI=1S/C14H18FNO3/c1-9(2)19-14(18)13(16-10(3)17)8-11-4-6-12(15)7-5-11/h4-7,9,13H,8H2,1-3H3,(H,16,17)/t13-/m0/s1. The van der Waals surface area contributed by atoms with Gasteiger partial charge in [0, 0.05) is 13.3 Å². The van der Waals surface area contributed by atoms with Gasteiger partial charge < -0.3 is 10.1 Å². The summed E-state index contributed by atoms with van der Waals surface area (Å²) in [5.41, 5.74) is 0.751. The third-order valence-corrected chi connectivity index (χ3v) is 2.37. The third-order valence-electron chi connectivity index (χ3n) is 2.37. The van der Waals surface area contributed by atoms with Crippen LogP contribution in [0.1, 0.15) is 26.3 Å². The van der Waals surface area contributed by atoms with Crippen LogP contribution in [0.4, 0.5) is 4.39 Å². The Balaban J connectivity index is 2.76. The number of amides is 1. The average molecular weight is 267 g/mol. The van der Waals surface area contributed by atoms with Gasteiger partial charge in [-0.2, -0.15) is 0 Å². The van der Waals surface area contributed by atoms with Crippen molar-refractivity contribution in [3.05, 3.63) is 35.6 Å². The van der Waals surface area contributed by atoms with E-state index in [4.69, 9.17) is 4.74 Å². The van der Waals surface area contributed by atoms with E-state index < -0.39 is 12.0 Å². The molecule has 19 heavy (non-hydrogen) atoms. The Bertz CT molecular complexity index is 443. The molecular weight excluding hydrogens is 249 g/mol. The molecule has 0 aliphatic heterocycles. The van der Waals surface area contributed by atoms with Gasteiger partial charge in [-0.3, -0.25) is 4.79 Å². The summed E-state index contributed by atoms with van der Waals surface area (Å²) in [5.74, 6) is -1.15. The molecule has 1 atom stereocenters. The number of hydrogen-bond donors (Lipinski definition) is 1. The maximum Gasteiger partial charge on any atom is 0.329 e. The Kier molecular flexibility index (Phi) is 5.48. The molecule has 1 amide bonds. The van der Waals surface area contributed by atoms with Gasteiger partial charge in [0.2, 0.25) is 5.91 Å². The Morgan fingerprint density at radius 3 is 2.32 bits per heavy atom. The van der Waals surface area contributed by atoms with Gasteiger partial charge in [0.1, 0.15) is 11.9 Å². The summed E-state index contributed by atoms with van der Waals surface area (Å²) in [6, 6.07) is 5.02. The van der Waals surface area contributed by atoms with Crippen molar-refractivity contribution in [2.75, 3.05) is 0 Å². The summed E-state index contributed by atoms with van der Waals surface area (Å²) in [6.07, 6.45) is 0.0165. The summed E-state index contributed by atoms with van der Waals surface area (Å²) in [7, 11) is 0. The lowest BCUT2D eigenvalue weighted by Crippen LogP contribution is -2.43. The number of esters is 1. The summed E-state index contributed by atoms with van der Waals surface area (Å²) in [5, 5.41) is 2.54. The van der Waals surface area contributed by atoms with Crippen molar-refractivity contribution in [1.82, 2.24) is 5.32 Å². The quantitative estimate of drug-likeness (QED) is 0.828. The van der Waals surface area contributed by atoms with Crippen LogP contribution in [0.2, 0.25) is 0 Å². The van der Waals surface area contributed by atoms with E-state index in [9.17, 15) is 14.0 Å². The van der Waals surface area contributed by atoms with E-state index in [1.165, 1.54) is 19.1 Å². The van der Waals surface area contributed by atoms with Crippen LogP contribution in [0.3, 0.4) is 0 Å². The highest BCUT2D eigenvalue weighted by Gasteiger charge is 2.22. The minimum absolute atomic E-state index is 0.253. The van der Waals surface area contributed by atoms with Crippen molar-refractivity contribution in [2.45, 2.75) is 39.3 Å². The Morgan fingerprint density at radius 2 is 1.84 bits per heavy atom. The fourth-order valence-electron chi connectivity index (χ4n) is 1.61. The minimum atomic E-state index is -0.759. The van der Waals surface area contributed by atoms with Crippen molar-refractivity contribution in [3.63, 3.8) is 0 Å². The van der Waals surface area contributed by atoms with Crippen LogP contribution in [0.15, 0.2) is 24.3 Å². The largest absolute Gasteiger partial charge is 0.461 e. The molecule has 0 spiro atoms. The maximum absolute atomic E-state index is 12.8. The lowest BCUT2D eigenvalue weighted by Gasteiger charge is -2.18. The van der Waals surface area contributed by atoms with Crippen molar-refractivity contribution >= 4 is 11.9 Å². The molecule has 0 saturated carbocycles. The first kappa shape index (κ1) is 15.1. The van der Waals surface area contributed by atoms with Gasteiger partial charge in [0.05, 0.1) is 6.10 Å². The van der Waals surface area contributed by atoms with Crippen LogP contribution >= 0.6 is 0 Å². The topological polar surface area (TPSA) is 55.4 Å². The van der Waals surface area contributed by atoms with E-state index in [0.717, 1.165) is 5.56 Å². The molecular formula is C14H18FNO3. The predicted molar refractivity (Wildman–Crippen MR) is 68.9 cm³/mol. The maximum atomic E-state index is 12.8. The number of carbonyl (C=O) groups excluding carboxylic acids is 2. The van der Waals surface area contributed by atoms with Gasteiger partial charge in [0.15, 0.2) is 0 Å². The predicted octanol–water partition coefficient (Wildman–Crippen LogP) is 1.82. The van der Waals surface area contributed by atoms with E-state index >= 15 is 0 Å². The van der Waals surface area contributed by atoms with Crippen LogP contribution in [0.5, 0.6) is 0 Å². The summed E-state index contributed by atoms with van der Waals surface area (Å²) in [4.78, 5) is 23.0. The average Bonchev–Trinajstić information content (AvgIpc) is 2.29. The van der Waals surface area contributed by atoms with Crippen LogP contribution in [0.25, 0.3) is 0 Å². The highest BCUT2D eigenvalue weighted by Crippen LogP contribution is 2.08. The van der Waals surface area contributed by atoms with Crippen molar-refractivity contribution in [1.29, 1.82) is 0 Å². The molecule has 0 radical (unpaired) electrons. The van der Waals surface area contributed by atoms with Crippen molar-refractivity contribution in [2.24, 2.45) is 0 Å². The zero-order valence-electron chi connectivity index (χ0n) is 11.3. The van der Waals surface area contributed by atoms with Crippen LogP contribution in [0, 0.1) is 5.82 Å². The van der Waals surface area contributed by atoms with Crippen molar-refractivity contribution < 1.29 is 18.7 Å². The first-order valence-corrected chi connectivity index (χ1v) is 6.10. The molecule has 0 unspecified atom stereocenters. The summed E-state index contributed by atoms with van der Waals surface area (Å²) >= 11 is 0. The van der Waals surface area contributed by atoms with E-state index in [1.807, 2.05) is 0 Å². The number of hydrogen-bond acceptors (Lipinski definition) is 3. The molecule has 5 heteroatoms. The number of rotatable bonds is 5. The summed E-state index contributed by atoms with van der Waals surface area (Å²) < 4.78 is 17.9. The van der Waals surface area contributed by atoms with Gasteiger partial charge in [0.25, 0.3) is 0 Å². The molecule has 1 aromatic rings. The van der Waals surface area contributed by atoms with Crippen LogP contribution in [-0.4, -0.2) is 24.0 Å². The lowest BCUT2D eigenvalue weighted by molar-refractivity contribution is -0.151. The van der Waals surface area contributed by atoms with Crippen molar-refractivity contribution in [3.8, 4) is 0 Å². The van der Waals surface area contributed by atoms with Crippen LogP contribution < -0.4 is 5.32 Å². The molecule has 0 saturated heterocycles. The molecule has 1 rings (SSSR count). The molecule has 0 aliphatic rings. The monoisotopic (exact) mass is 267 g/mol. The first-order chi connectivity index (χ1) is 8.88. The van der Waals surface area contributed by atoms with Crippen LogP contribution in [-0.2, 0) is 20.7 Å². The fourth-order valence-corrected chi connectivity index (χ4v) is 1.61. The normalized spacial score (nSPS) is 12.1. The molecule has 1 N–H and O–H groups in total. The number of ether oxygens (including phenoxy) is 1. The van der Waals surface area contributed by atoms with E-state index in [2.05, 4.69) is 5.32 Å². The Hall–Kier alpha value is -1.91. The van der Waals surface area contributed by atoms with Gasteiger partial charge >= 0.3 is 5.97 Å². The molecule has 0 heterocycles. The first-order valence-electron chi connectivity index (χ1n) is 6.10. The second kappa shape index (κ2) is 6.87. The van der Waals surface area contributed by atoms with Gasteiger partial charge in [-0.1, -0.05) is 12.1 Å². The number of carbonyl (C=O) groups is 2. The Morgan fingerprint density at radius 1 is 1.26 bits per heavy atom. The number of nitrogens with one attached hydrogen (secondary N) is 1. The molecule has 104 valence electrons. The highest BCUT2D eigenvalue weighted by atomic mass is 19.1. The molecule has 4 nitrogen and oxygen atoms in total. The third kappa shape index (κ3) is 5.50. The minimum Gasteiger partial charge on any atom is -0.461 e. The molecule has 0 fully saturated rings. The zero-order valence-corrected chi connectivity index (χ0v) is 11.3. The second-order valence-corrected chi connectivity index (χ2v) is 4.57. The number of halogens is 1. The second-order valence-electron chi connectivity index (χ2n) is 4.57. The lowest BCUT2D eigenvalue weighted by atomic mass is 10.1. The molecule has 0 aromatic heterocycles. The SMILES string of the molecule is CC(=O)N[C@@H](Cc1ccc(F)cc1)C(=O)OC(C)C. The highest BCUT2D eigenvalue weighted by molar-refractivity contribution is 5.83. The van der Waals surface area contributed by atoms with E-state index in [-0.39, 0.29) is 24.2 Å². The number of benzene rings is 1. The molecule has 0 aliphatic carbocycles. The van der Waals surface area contributed by atoms with Gasteiger partial charge in [-0.25, -0.2) is 9.18 Å². The molecule has 1 aromatic carbocycles. The van der Waals surface area contributed by atoms with Gasteiger partial charge in [-0.05, 0) is 31.5 Å². The van der Waals surface area contributed by atoms with Gasteiger partial charge in [-0.15, -0.1) is 0 Å². The Labute approximate surface area is 112 Å². The summed E-state index contributed by atoms with van der Waals surface area (Å²) in [6.45, 7) is 4.81. The fraction of sp³-hybridized carbons (Fsp3) is 0.429. The zero-order chi connectivity index (χ0) is 14.4. The molecule has 0 bridgehead atoms.